The average molecular weight is 385 g/mol. The molecule has 0 radical (unpaired) electrons. The van der Waals surface area contributed by atoms with Gasteiger partial charge in [-0.3, -0.25) is 0 Å². The fourth-order valence-electron chi connectivity index (χ4n) is 3.55. The highest BCUT2D eigenvalue weighted by Gasteiger charge is 2.09. The summed E-state index contributed by atoms with van der Waals surface area (Å²) >= 11 is 0. The summed E-state index contributed by atoms with van der Waals surface area (Å²) in [6.45, 7) is 0. The van der Waals surface area contributed by atoms with E-state index < -0.39 is 6.23 Å². The molecule has 1 aromatic heterocycles. The summed E-state index contributed by atoms with van der Waals surface area (Å²) < 4.78 is 5.23. The van der Waals surface area contributed by atoms with Crippen LogP contribution in [-0.4, -0.2) is 11.3 Å². The van der Waals surface area contributed by atoms with Crippen molar-refractivity contribution in [3.63, 3.8) is 0 Å². The second kappa shape index (κ2) is 8.76. The third-order valence-electron chi connectivity index (χ3n) is 4.93. The molecule has 0 aliphatic heterocycles. The quantitative estimate of drug-likeness (QED) is 0.356. The molecule has 0 fully saturated rings. The van der Waals surface area contributed by atoms with Crippen molar-refractivity contribution >= 4 is 16.7 Å². The summed E-state index contributed by atoms with van der Waals surface area (Å²) in [6.07, 6.45) is 1.19. The van der Waals surface area contributed by atoms with Crippen molar-refractivity contribution in [2.75, 3.05) is 5.32 Å². The topological polar surface area (TPSA) is 62.5 Å². The Balaban J connectivity index is 1.41. The van der Waals surface area contributed by atoms with Crippen LogP contribution in [0.3, 0.4) is 0 Å². The van der Waals surface area contributed by atoms with E-state index in [-0.39, 0.29) is 5.63 Å². The van der Waals surface area contributed by atoms with Crippen molar-refractivity contribution in [1.82, 2.24) is 0 Å². The zero-order chi connectivity index (χ0) is 20.1. The van der Waals surface area contributed by atoms with Gasteiger partial charge in [0, 0.05) is 17.1 Å². The predicted molar refractivity (Wildman–Crippen MR) is 116 cm³/mol. The summed E-state index contributed by atoms with van der Waals surface area (Å²) in [5.41, 5.74) is 4.40. The first-order valence-electron chi connectivity index (χ1n) is 9.76. The van der Waals surface area contributed by atoms with Crippen LogP contribution in [0.2, 0.25) is 0 Å². The molecule has 0 spiro atoms. The number of hydrogen-bond acceptors (Lipinski definition) is 4. The minimum atomic E-state index is -0.715. The van der Waals surface area contributed by atoms with Gasteiger partial charge in [-0.2, -0.15) is 0 Å². The van der Waals surface area contributed by atoms with Crippen LogP contribution in [0.25, 0.3) is 11.0 Å². The van der Waals surface area contributed by atoms with Crippen molar-refractivity contribution in [1.29, 1.82) is 0 Å². The second-order valence-electron chi connectivity index (χ2n) is 7.15. The number of hydrogen-bond donors (Lipinski definition) is 2. The Morgan fingerprint density at radius 3 is 2.48 bits per heavy atom. The smallest absolute Gasteiger partial charge is 0.336 e. The number of nitrogens with one attached hydrogen (secondary N) is 1. The largest absolute Gasteiger partial charge is 0.423 e. The molecular weight excluding hydrogens is 362 g/mol. The van der Waals surface area contributed by atoms with E-state index in [9.17, 15) is 9.90 Å². The van der Waals surface area contributed by atoms with Gasteiger partial charge in [0.15, 0.2) is 0 Å². The van der Waals surface area contributed by atoms with Crippen LogP contribution in [0.15, 0.2) is 94.1 Å². The lowest BCUT2D eigenvalue weighted by atomic mass is 10.0. The van der Waals surface area contributed by atoms with Gasteiger partial charge in [0.2, 0.25) is 0 Å². The van der Waals surface area contributed by atoms with E-state index in [4.69, 9.17) is 4.42 Å². The Labute approximate surface area is 169 Å². The molecule has 1 atom stereocenters. The van der Waals surface area contributed by atoms with Gasteiger partial charge in [-0.15, -0.1) is 0 Å². The van der Waals surface area contributed by atoms with E-state index in [0.29, 0.717) is 18.4 Å². The van der Waals surface area contributed by atoms with Gasteiger partial charge in [0.05, 0.1) is 0 Å². The Kier molecular flexibility index (Phi) is 5.73. The molecule has 1 heterocycles. The van der Waals surface area contributed by atoms with Gasteiger partial charge in [-0.1, -0.05) is 60.7 Å². The van der Waals surface area contributed by atoms with Crippen molar-refractivity contribution in [3.8, 4) is 0 Å². The SMILES string of the molecule is O=c1cc(CCC(O)Nc2cccc(Cc3ccccc3)c2)c2ccccc2o1. The normalized spacial score (nSPS) is 12.0. The average Bonchev–Trinajstić information content (AvgIpc) is 2.73. The van der Waals surface area contributed by atoms with Crippen LogP contribution in [0.5, 0.6) is 0 Å². The summed E-state index contributed by atoms with van der Waals surface area (Å²) in [7, 11) is 0. The summed E-state index contributed by atoms with van der Waals surface area (Å²) in [6, 6.07) is 27.4. The molecule has 4 heteroatoms. The zero-order valence-electron chi connectivity index (χ0n) is 16.0. The lowest BCUT2D eigenvalue weighted by Gasteiger charge is -2.15. The lowest BCUT2D eigenvalue weighted by Crippen LogP contribution is -2.19. The van der Waals surface area contributed by atoms with E-state index in [2.05, 4.69) is 29.6 Å². The molecule has 146 valence electrons. The van der Waals surface area contributed by atoms with Gasteiger partial charge in [-0.05, 0) is 54.2 Å². The number of para-hydroxylation sites is 1. The van der Waals surface area contributed by atoms with Crippen LogP contribution in [0.4, 0.5) is 5.69 Å². The highest BCUT2D eigenvalue weighted by molar-refractivity contribution is 5.79. The van der Waals surface area contributed by atoms with Gasteiger partial charge < -0.3 is 14.8 Å². The number of aliphatic hydroxyl groups is 1. The number of aliphatic hydroxyl groups excluding tert-OH is 1. The fraction of sp³-hybridized carbons (Fsp3) is 0.160. The first kappa shape index (κ1) is 19.0. The maximum absolute atomic E-state index is 11.8. The molecular formula is C25H23NO3. The predicted octanol–water partition coefficient (Wildman–Crippen LogP) is 4.75. The number of aryl methyl sites for hydroxylation is 1. The summed E-state index contributed by atoms with van der Waals surface area (Å²) in [5, 5.41) is 14.5. The lowest BCUT2D eigenvalue weighted by molar-refractivity contribution is 0.193. The highest BCUT2D eigenvalue weighted by atomic mass is 16.4. The van der Waals surface area contributed by atoms with Gasteiger partial charge in [-0.25, -0.2) is 4.79 Å². The molecule has 4 nitrogen and oxygen atoms in total. The molecule has 0 saturated carbocycles. The minimum Gasteiger partial charge on any atom is -0.423 e. The highest BCUT2D eigenvalue weighted by Crippen LogP contribution is 2.20. The molecule has 4 rings (SSSR count). The first-order valence-corrected chi connectivity index (χ1v) is 9.76. The van der Waals surface area contributed by atoms with E-state index in [0.717, 1.165) is 23.1 Å². The number of fused-ring (bicyclic) bond motifs is 1. The van der Waals surface area contributed by atoms with Gasteiger partial charge in [0.25, 0.3) is 0 Å². The van der Waals surface area contributed by atoms with Crippen LogP contribution in [-0.2, 0) is 12.8 Å². The molecule has 0 aliphatic rings. The Bertz CT molecular complexity index is 1150. The van der Waals surface area contributed by atoms with Crippen LogP contribution >= 0.6 is 0 Å². The maximum Gasteiger partial charge on any atom is 0.336 e. The van der Waals surface area contributed by atoms with E-state index in [1.54, 1.807) is 6.07 Å². The molecule has 29 heavy (non-hydrogen) atoms. The van der Waals surface area contributed by atoms with Gasteiger partial charge >= 0.3 is 5.63 Å². The zero-order valence-corrected chi connectivity index (χ0v) is 16.0. The van der Waals surface area contributed by atoms with Crippen molar-refractivity contribution in [3.05, 3.63) is 112 Å². The van der Waals surface area contributed by atoms with Crippen LogP contribution in [0.1, 0.15) is 23.1 Å². The van der Waals surface area contributed by atoms with Gasteiger partial charge in [0.1, 0.15) is 11.8 Å². The van der Waals surface area contributed by atoms with Crippen molar-refractivity contribution < 1.29 is 9.52 Å². The van der Waals surface area contributed by atoms with Crippen molar-refractivity contribution in [2.45, 2.75) is 25.5 Å². The minimum absolute atomic E-state index is 0.366. The molecule has 0 aliphatic carbocycles. The second-order valence-corrected chi connectivity index (χ2v) is 7.15. The molecule has 1 unspecified atom stereocenters. The Morgan fingerprint density at radius 1 is 0.862 bits per heavy atom. The number of benzene rings is 3. The number of anilines is 1. The molecule has 3 aromatic carbocycles. The molecule has 0 bridgehead atoms. The summed E-state index contributed by atoms with van der Waals surface area (Å²) in [4.78, 5) is 11.8. The molecule has 0 amide bonds. The van der Waals surface area contributed by atoms with E-state index in [1.807, 2.05) is 48.5 Å². The van der Waals surface area contributed by atoms with Crippen LogP contribution < -0.4 is 10.9 Å². The van der Waals surface area contributed by atoms with E-state index in [1.165, 1.54) is 17.2 Å². The van der Waals surface area contributed by atoms with Crippen molar-refractivity contribution in [2.24, 2.45) is 0 Å². The van der Waals surface area contributed by atoms with E-state index >= 15 is 0 Å². The third-order valence-corrected chi connectivity index (χ3v) is 4.93. The van der Waals surface area contributed by atoms with Crippen LogP contribution in [0, 0.1) is 0 Å². The molecule has 2 N–H and O–H groups in total. The maximum atomic E-state index is 11.8. The third kappa shape index (κ3) is 4.92. The standard InChI is InChI=1S/C25H23NO3/c27-24(14-13-20-17-25(28)29-23-12-5-4-11-22(20)23)26-21-10-6-9-19(16-21)15-18-7-2-1-3-8-18/h1-12,16-17,24,26-27H,13-15H2. The summed E-state index contributed by atoms with van der Waals surface area (Å²) in [5.74, 6) is 0. The fourth-order valence-corrected chi connectivity index (χ4v) is 3.55. The monoisotopic (exact) mass is 385 g/mol. The molecule has 4 aromatic rings. The first-order chi connectivity index (χ1) is 14.2. The Hall–Kier alpha value is -3.37. The molecule has 0 saturated heterocycles. The Morgan fingerprint density at radius 2 is 1.62 bits per heavy atom. The number of rotatable bonds is 7.